The van der Waals surface area contributed by atoms with Crippen LogP contribution in [-0.2, 0) is 4.79 Å². The smallest absolute Gasteiger partial charge is 0.233 e. The van der Waals surface area contributed by atoms with Crippen molar-refractivity contribution in [1.29, 1.82) is 0 Å². The van der Waals surface area contributed by atoms with Crippen molar-refractivity contribution in [3.05, 3.63) is 42.2 Å². The van der Waals surface area contributed by atoms with Crippen molar-refractivity contribution in [2.24, 2.45) is 0 Å². The fraction of sp³-hybridized carbons (Fsp3) is 0.400. The number of nitrogen functional groups attached to an aromatic ring is 1. The molecule has 0 aliphatic heterocycles. The lowest BCUT2D eigenvalue weighted by Gasteiger charge is -2.18. The van der Waals surface area contributed by atoms with Crippen molar-refractivity contribution in [2.75, 3.05) is 12.4 Å². The van der Waals surface area contributed by atoms with Gasteiger partial charge >= 0.3 is 0 Å². The van der Waals surface area contributed by atoms with E-state index in [0.717, 1.165) is 6.42 Å². The van der Waals surface area contributed by atoms with Crippen LogP contribution in [-0.4, -0.2) is 32.6 Å². The number of carbonyl (C=O) groups excluding carboxylic acids is 1. The second-order valence-corrected chi connectivity index (χ2v) is 6.35. The molecular formula is C15H21N5OS. The van der Waals surface area contributed by atoms with Gasteiger partial charge in [0.25, 0.3) is 0 Å². The zero-order valence-corrected chi connectivity index (χ0v) is 13.6. The minimum absolute atomic E-state index is 0.0256. The summed E-state index contributed by atoms with van der Waals surface area (Å²) in [7, 11) is 0. The Labute approximate surface area is 134 Å². The molecule has 0 aliphatic carbocycles. The number of hydrogen-bond acceptors (Lipinski definition) is 5. The average Bonchev–Trinajstić information content (AvgIpc) is 2.94. The Hall–Kier alpha value is -2.02. The summed E-state index contributed by atoms with van der Waals surface area (Å²) in [4.78, 5) is 12.2. The van der Waals surface area contributed by atoms with E-state index in [9.17, 15) is 4.79 Å². The lowest BCUT2D eigenvalue weighted by molar-refractivity contribution is -0.120. The number of amides is 1. The van der Waals surface area contributed by atoms with Crippen LogP contribution >= 0.6 is 11.8 Å². The van der Waals surface area contributed by atoms with Crippen molar-refractivity contribution in [3.8, 4) is 0 Å². The van der Waals surface area contributed by atoms with Gasteiger partial charge in [-0.15, -0.1) is 10.2 Å². The van der Waals surface area contributed by atoms with Crippen LogP contribution in [0.15, 0.2) is 41.8 Å². The van der Waals surface area contributed by atoms with Crippen LogP contribution in [0.1, 0.15) is 31.7 Å². The highest BCUT2D eigenvalue weighted by atomic mass is 32.2. The summed E-state index contributed by atoms with van der Waals surface area (Å²) in [5, 5.41) is 10.8. The molecule has 2 atom stereocenters. The average molecular weight is 319 g/mol. The molecule has 1 aromatic carbocycles. The summed E-state index contributed by atoms with van der Waals surface area (Å²) in [6.07, 6.45) is 2.39. The van der Waals surface area contributed by atoms with Gasteiger partial charge in [-0.2, -0.15) is 0 Å². The molecule has 0 saturated heterocycles. The molecule has 0 bridgehead atoms. The van der Waals surface area contributed by atoms with Crippen LogP contribution in [0.3, 0.4) is 0 Å². The number of benzene rings is 1. The number of nitrogens with zero attached hydrogens (tertiary/aromatic N) is 3. The quantitative estimate of drug-likeness (QED) is 0.600. The molecule has 0 radical (unpaired) electrons. The monoisotopic (exact) mass is 319 g/mol. The maximum Gasteiger partial charge on any atom is 0.233 e. The van der Waals surface area contributed by atoms with Gasteiger partial charge < -0.3 is 11.2 Å². The molecule has 22 heavy (non-hydrogen) atoms. The first-order chi connectivity index (χ1) is 10.6. The maximum absolute atomic E-state index is 12.2. The predicted molar refractivity (Wildman–Crippen MR) is 88.0 cm³/mol. The van der Waals surface area contributed by atoms with Gasteiger partial charge in [-0.3, -0.25) is 4.79 Å². The second kappa shape index (κ2) is 7.84. The zero-order valence-electron chi connectivity index (χ0n) is 12.8. The minimum Gasteiger partial charge on any atom is -0.355 e. The molecule has 0 aliphatic rings. The predicted octanol–water partition coefficient (Wildman–Crippen LogP) is 1.78. The van der Waals surface area contributed by atoms with Gasteiger partial charge in [0, 0.05) is 12.5 Å². The Bertz CT molecular complexity index is 601. The van der Waals surface area contributed by atoms with Crippen LogP contribution in [0.4, 0.5) is 0 Å². The fourth-order valence-corrected chi connectivity index (χ4v) is 2.89. The van der Waals surface area contributed by atoms with Crippen molar-refractivity contribution in [3.63, 3.8) is 0 Å². The van der Waals surface area contributed by atoms with Gasteiger partial charge in [-0.05, 0) is 18.9 Å². The molecule has 6 nitrogen and oxygen atoms in total. The van der Waals surface area contributed by atoms with Gasteiger partial charge in [0.1, 0.15) is 6.33 Å². The van der Waals surface area contributed by atoms with Crippen molar-refractivity contribution in [2.45, 2.75) is 36.6 Å². The molecule has 1 heterocycles. The molecule has 0 unspecified atom stereocenters. The molecule has 1 aromatic heterocycles. The summed E-state index contributed by atoms with van der Waals surface area (Å²) in [5.41, 5.74) is 1.24. The van der Waals surface area contributed by atoms with Crippen molar-refractivity contribution in [1.82, 2.24) is 20.2 Å². The van der Waals surface area contributed by atoms with Crippen molar-refractivity contribution < 1.29 is 4.79 Å². The number of rotatable bonds is 7. The Kier molecular flexibility index (Phi) is 5.83. The molecule has 3 N–H and O–H groups in total. The SMILES string of the molecule is CC[C@@H](CNC(=O)[C@@H](C)Sc1nncn1N)c1ccccc1. The highest BCUT2D eigenvalue weighted by Gasteiger charge is 2.18. The van der Waals surface area contributed by atoms with Crippen LogP contribution in [0.5, 0.6) is 0 Å². The third-order valence-electron chi connectivity index (χ3n) is 3.48. The van der Waals surface area contributed by atoms with E-state index in [4.69, 9.17) is 5.84 Å². The third kappa shape index (κ3) is 4.24. The summed E-state index contributed by atoms with van der Waals surface area (Å²) < 4.78 is 1.31. The number of carbonyl (C=O) groups is 1. The van der Waals surface area contributed by atoms with E-state index in [1.54, 1.807) is 0 Å². The Morgan fingerprint density at radius 1 is 1.41 bits per heavy atom. The van der Waals surface area contributed by atoms with E-state index < -0.39 is 0 Å². The van der Waals surface area contributed by atoms with Gasteiger partial charge in [0.15, 0.2) is 0 Å². The highest BCUT2D eigenvalue weighted by molar-refractivity contribution is 8.00. The number of hydrogen-bond donors (Lipinski definition) is 2. The van der Waals surface area contributed by atoms with Gasteiger partial charge in [-0.25, -0.2) is 4.68 Å². The van der Waals surface area contributed by atoms with Crippen molar-refractivity contribution >= 4 is 17.7 Å². The number of thioether (sulfide) groups is 1. The first-order valence-electron chi connectivity index (χ1n) is 7.26. The largest absolute Gasteiger partial charge is 0.355 e. The topological polar surface area (TPSA) is 85.8 Å². The number of aromatic nitrogens is 3. The molecule has 0 saturated carbocycles. The first kappa shape index (κ1) is 16.4. The molecule has 2 aromatic rings. The number of nitrogens with two attached hydrogens (primary N) is 1. The van der Waals surface area contributed by atoms with E-state index in [1.807, 2.05) is 25.1 Å². The minimum atomic E-state index is -0.278. The van der Waals surface area contributed by atoms with E-state index in [-0.39, 0.29) is 11.2 Å². The lowest BCUT2D eigenvalue weighted by Crippen LogP contribution is -2.34. The van der Waals surface area contributed by atoms with Crippen LogP contribution in [0.25, 0.3) is 0 Å². The molecular weight excluding hydrogens is 298 g/mol. The van der Waals surface area contributed by atoms with E-state index in [1.165, 1.54) is 28.3 Å². The summed E-state index contributed by atoms with van der Waals surface area (Å²) in [6.45, 7) is 4.58. The molecule has 118 valence electrons. The summed E-state index contributed by atoms with van der Waals surface area (Å²) in [6, 6.07) is 10.2. The summed E-state index contributed by atoms with van der Waals surface area (Å²) in [5.74, 6) is 5.94. The standard InChI is InChI=1S/C15H21N5OS/c1-3-12(13-7-5-4-6-8-13)9-17-14(21)11(2)22-15-19-18-10-20(15)16/h4-8,10-12H,3,9,16H2,1-2H3,(H,17,21)/t11-,12+/m1/s1. The first-order valence-corrected chi connectivity index (χ1v) is 8.14. The number of nitrogens with one attached hydrogen (secondary N) is 1. The highest BCUT2D eigenvalue weighted by Crippen LogP contribution is 2.21. The van der Waals surface area contributed by atoms with Crippen LogP contribution in [0, 0.1) is 0 Å². The molecule has 1 amide bonds. The van der Waals surface area contributed by atoms with E-state index >= 15 is 0 Å². The van der Waals surface area contributed by atoms with E-state index in [0.29, 0.717) is 17.6 Å². The molecule has 0 spiro atoms. The maximum atomic E-state index is 12.2. The normalized spacial score (nSPS) is 13.5. The fourth-order valence-electron chi connectivity index (χ4n) is 2.12. The van der Waals surface area contributed by atoms with Crippen LogP contribution < -0.4 is 11.2 Å². The Balaban J connectivity index is 1.87. The lowest BCUT2D eigenvalue weighted by atomic mass is 9.96. The van der Waals surface area contributed by atoms with Gasteiger partial charge in [0.05, 0.1) is 5.25 Å². The zero-order chi connectivity index (χ0) is 15.9. The Morgan fingerprint density at radius 2 is 2.14 bits per heavy atom. The summed E-state index contributed by atoms with van der Waals surface area (Å²) >= 11 is 1.29. The molecule has 2 rings (SSSR count). The van der Waals surface area contributed by atoms with Gasteiger partial charge in [-0.1, -0.05) is 49.0 Å². The molecule has 0 fully saturated rings. The third-order valence-corrected chi connectivity index (χ3v) is 4.55. The van der Waals surface area contributed by atoms with E-state index in [2.05, 4.69) is 34.6 Å². The Morgan fingerprint density at radius 3 is 2.73 bits per heavy atom. The molecule has 7 heteroatoms. The van der Waals surface area contributed by atoms with Crippen LogP contribution in [0.2, 0.25) is 0 Å². The second-order valence-electron chi connectivity index (χ2n) is 5.04. The van der Waals surface area contributed by atoms with Gasteiger partial charge in [0.2, 0.25) is 11.1 Å².